The maximum absolute atomic E-state index is 12.8. The minimum Gasteiger partial charge on any atom is -0.353 e. The minimum absolute atomic E-state index is 0.111. The van der Waals surface area contributed by atoms with Crippen LogP contribution in [0.4, 0.5) is 19.0 Å². The van der Waals surface area contributed by atoms with Crippen LogP contribution in [0.15, 0.2) is 42.6 Å². The van der Waals surface area contributed by atoms with Gasteiger partial charge < -0.3 is 4.90 Å². The van der Waals surface area contributed by atoms with Crippen LogP contribution in [0, 0.1) is 0 Å². The first-order chi connectivity index (χ1) is 12.7. The molecule has 1 aliphatic heterocycles. The van der Waals surface area contributed by atoms with E-state index in [0.717, 1.165) is 12.1 Å². The zero-order valence-corrected chi connectivity index (χ0v) is 15.7. The predicted molar refractivity (Wildman–Crippen MR) is 97.1 cm³/mol. The average molecular weight is 420 g/mol. The first kappa shape index (κ1) is 19.9. The average Bonchev–Trinajstić information content (AvgIpc) is 2.61. The van der Waals surface area contributed by atoms with Gasteiger partial charge in [0.15, 0.2) is 0 Å². The summed E-state index contributed by atoms with van der Waals surface area (Å²) in [4.78, 5) is 6.10. The summed E-state index contributed by atoms with van der Waals surface area (Å²) in [7, 11) is -3.73. The van der Waals surface area contributed by atoms with Gasteiger partial charge in [0.05, 0.1) is 16.3 Å². The summed E-state index contributed by atoms with van der Waals surface area (Å²) >= 11 is 6.11. The van der Waals surface area contributed by atoms with Crippen molar-refractivity contribution in [2.24, 2.45) is 0 Å². The van der Waals surface area contributed by atoms with Crippen LogP contribution in [0.25, 0.3) is 0 Å². The second-order valence-electron chi connectivity index (χ2n) is 6.15. The monoisotopic (exact) mass is 419 g/mol. The van der Waals surface area contributed by atoms with E-state index in [1.807, 2.05) is 4.90 Å². The van der Waals surface area contributed by atoms with Crippen LogP contribution in [0.1, 0.15) is 11.1 Å². The molecule has 1 fully saturated rings. The van der Waals surface area contributed by atoms with Crippen molar-refractivity contribution in [3.05, 3.63) is 58.7 Å². The van der Waals surface area contributed by atoms with Crippen molar-refractivity contribution in [2.45, 2.75) is 11.9 Å². The van der Waals surface area contributed by atoms with Crippen molar-refractivity contribution in [1.82, 2.24) is 9.29 Å². The lowest BCUT2D eigenvalue weighted by Crippen LogP contribution is -2.49. The lowest BCUT2D eigenvalue weighted by Gasteiger charge is -2.35. The van der Waals surface area contributed by atoms with E-state index in [0.29, 0.717) is 23.9 Å². The van der Waals surface area contributed by atoms with E-state index in [1.165, 1.54) is 16.4 Å². The summed E-state index contributed by atoms with van der Waals surface area (Å²) in [6, 6.07) is 7.82. The van der Waals surface area contributed by atoms with E-state index in [1.54, 1.807) is 18.3 Å². The Morgan fingerprint density at radius 3 is 2.41 bits per heavy atom. The van der Waals surface area contributed by atoms with Gasteiger partial charge in [0.25, 0.3) is 0 Å². The first-order valence-electron chi connectivity index (χ1n) is 8.16. The molecule has 0 aliphatic carbocycles. The van der Waals surface area contributed by atoms with Gasteiger partial charge >= 0.3 is 6.18 Å². The third-order valence-electron chi connectivity index (χ3n) is 4.27. The number of nitrogens with zero attached hydrogens (tertiary/aromatic N) is 3. The molecule has 0 spiro atoms. The predicted octanol–water partition coefficient (Wildman–Crippen LogP) is 3.41. The van der Waals surface area contributed by atoms with Crippen LogP contribution in [-0.4, -0.2) is 43.9 Å². The molecule has 0 amide bonds. The highest BCUT2D eigenvalue weighted by atomic mass is 35.5. The van der Waals surface area contributed by atoms with Crippen molar-refractivity contribution < 1.29 is 21.6 Å². The number of rotatable bonds is 4. The molecule has 0 atom stereocenters. The van der Waals surface area contributed by atoms with Gasteiger partial charge in [-0.25, -0.2) is 13.4 Å². The molecule has 5 nitrogen and oxygen atoms in total. The molecule has 3 rings (SSSR count). The molecule has 0 saturated carbocycles. The van der Waals surface area contributed by atoms with Gasteiger partial charge in [-0.1, -0.05) is 29.8 Å². The minimum atomic E-state index is -4.51. The van der Waals surface area contributed by atoms with Gasteiger partial charge in [0.2, 0.25) is 10.0 Å². The molecule has 10 heteroatoms. The van der Waals surface area contributed by atoms with Gasteiger partial charge in [0, 0.05) is 32.4 Å². The second kappa shape index (κ2) is 7.65. The van der Waals surface area contributed by atoms with Crippen LogP contribution >= 0.6 is 11.6 Å². The lowest BCUT2D eigenvalue weighted by molar-refractivity contribution is -0.137. The number of halogens is 4. The van der Waals surface area contributed by atoms with Gasteiger partial charge in [0.1, 0.15) is 5.82 Å². The normalized spacial score (nSPS) is 16.5. The van der Waals surface area contributed by atoms with E-state index < -0.39 is 27.5 Å². The van der Waals surface area contributed by atoms with Crippen molar-refractivity contribution >= 4 is 27.4 Å². The van der Waals surface area contributed by atoms with E-state index in [4.69, 9.17) is 11.6 Å². The van der Waals surface area contributed by atoms with Crippen LogP contribution in [0.3, 0.4) is 0 Å². The molecule has 146 valence electrons. The van der Waals surface area contributed by atoms with E-state index in [2.05, 4.69) is 4.98 Å². The first-order valence-corrected chi connectivity index (χ1v) is 10.1. The third-order valence-corrected chi connectivity index (χ3v) is 6.42. The maximum atomic E-state index is 12.8. The lowest BCUT2D eigenvalue weighted by atomic mass is 10.1. The number of alkyl halides is 3. The summed E-state index contributed by atoms with van der Waals surface area (Å²) in [5.41, 5.74) is -0.746. The Morgan fingerprint density at radius 2 is 1.78 bits per heavy atom. The van der Waals surface area contributed by atoms with Crippen molar-refractivity contribution in [1.29, 1.82) is 0 Å². The highest BCUT2D eigenvalue weighted by molar-refractivity contribution is 7.88. The quantitative estimate of drug-likeness (QED) is 0.762. The molecule has 2 aromatic rings. The maximum Gasteiger partial charge on any atom is 0.416 e. The standard InChI is InChI=1S/C17H17ClF3N3O2S/c18-15-5-2-6-22-16(15)23-7-9-24(10-8-23)27(25,26)12-13-3-1-4-14(11-13)17(19,20)21/h1-6,11H,7-10,12H2. The number of benzene rings is 1. The fourth-order valence-corrected chi connectivity index (χ4v) is 4.67. The zero-order valence-electron chi connectivity index (χ0n) is 14.2. The molecule has 1 aromatic carbocycles. The number of sulfonamides is 1. The molecular formula is C17H17ClF3N3O2S. The molecule has 1 saturated heterocycles. The van der Waals surface area contributed by atoms with E-state index in [9.17, 15) is 21.6 Å². The molecule has 2 heterocycles. The molecule has 0 unspecified atom stereocenters. The van der Waals surface area contributed by atoms with Crippen LogP contribution in [0.5, 0.6) is 0 Å². The molecule has 27 heavy (non-hydrogen) atoms. The van der Waals surface area contributed by atoms with Gasteiger partial charge in [-0.05, 0) is 23.8 Å². The Balaban J connectivity index is 1.68. The van der Waals surface area contributed by atoms with Crippen molar-refractivity contribution in [3.8, 4) is 0 Å². The van der Waals surface area contributed by atoms with E-state index in [-0.39, 0.29) is 18.7 Å². The van der Waals surface area contributed by atoms with Crippen molar-refractivity contribution in [3.63, 3.8) is 0 Å². The molecule has 0 radical (unpaired) electrons. The number of aromatic nitrogens is 1. The SMILES string of the molecule is O=S(=O)(Cc1cccc(C(F)(F)F)c1)N1CCN(c2ncccc2Cl)CC1. The van der Waals surface area contributed by atoms with Crippen molar-refractivity contribution in [2.75, 3.05) is 31.1 Å². The molecule has 0 bridgehead atoms. The number of piperazine rings is 1. The van der Waals surface area contributed by atoms with Gasteiger partial charge in [-0.3, -0.25) is 0 Å². The summed E-state index contributed by atoms with van der Waals surface area (Å²) < 4.78 is 64.9. The smallest absolute Gasteiger partial charge is 0.353 e. The molecule has 0 N–H and O–H groups in total. The second-order valence-corrected chi connectivity index (χ2v) is 8.53. The number of hydrogen-bond donors (Lipinski definition) is 0. The number of pyridine rings is 1. The Morgan fingerprint density at radius 1 is 1.07 bits per heavy atom. The molecule has 1 aromatic heterocycles. The Kier molecular flexibility index (Phi) is 5.64. The fourth-order valence-electron chi connectivity index (χ4n) is 2.93. The number of hydrogen-bond acceptors (Lipinski definition) is 4. The van der Waals surface area contributed by atoms with Crippen LogP contribution in [-0.2, 0) is 22.0 Å². The highest BCUT2D eigenvalue weighted by Crippen LogP contribution is 2.30. The van der Waals surface area contributed by atoms with Crippen LogP contribution in [0.2, 0.25) is 5.02 Å². The summed E-state index contributed by atoms with van der Waals surface area (Å²) in [5, 5.41) is 0.484. The Hall–Kier alpha value is -1.84. The summed E-state index contributed by atoms with van der Waals surface area (Å²) in [6.07, 6.45) is -2.90. The van der Waals surface area contributed by atoms with Crippen LogP contribution < -0.4 is 4.90 Å². The zero-order chi connectivity index (χ0) is 19.7. The third kappa shape index (κ3) is 4.72. The molecule has 1 aliphatic rings. The fraction of sp³-hybridized carbons (Fsp3) is 0.353. The number of anilines is 1. The Labute approximate surface area is 160 Å². The Bertz CT molecular complexity index is 914. The van der Waals surface area contributed by atoms with Gasteiger partial charge in [-0.2, -0.15) is 17.5 Å². The van der Waals surface area contributed by atoms with E-state index >= 15 is 0 Å². The largest absolute Gasteiger partial charge is 0.416 e. The highest BCUT2D eigenvalue weighted by Gasteiger charge is 2.32. The summed E-state index contributed by atoms with van der Waals surface area (Å²) in [6.45, 7) is 1.24. The topological polar surface area (TPSA) is 53.5 Å². The summed E-state index contributed by atoms with van der Waals surface area (Å²) in [5.74, 6) is 0.121. The van der Waals surface area contributed by atoms with Gasteiger partial charge in [-0.15, -0.1) is 0 Å². The molecular weight excluding hydrogens is 403 g/mol.